The Labute approximate surface area is 230 Å². The van der Waals surface area contributed by atoms with Crippen molar-refractivity contribution in [2.75, 3.05) is 0 Å². The number of pyridine rings is 1. The first kappa shape index (κ1) is 21.5. The summed E-state index contributed by atoms with van der Waals surface area (Å²) in [6.07, 6.45) is 3.80. The van der Waals surface area contributed by atoms with Gasteiger partial charge in [-0.2, -0.15) is 0 Å². The Balaban J connectivity index is 1.43. The van der Waals surface area contributed by atoms with Crippen LogP contribution in [0.25, 0.3) is 76.5 Å². The van der Waals surface area contributed by atoms with Crippen molar-refractivity contribution in [2.24, 2.45) is 0 Å². The lowest BCUT2D eigenvalue weighted by Crippen LogP contribution is -1.95. The van der Waals surface area contributed by atoms with Crippen LogP contribution >= 0.6 is 0 Å². The number of hydrogen-bond donors (Lipinski definition) is 0. The van der Waals surface area contributed by atoms with Gasteiger partial charge in [0.05, 0.1) is 22.1 Å². The second-order valence-electron chi connectivity index (χ2n) is 10.5. The highest BCUT2D eigenvalue weighted by molar-refractivity contribution is 6.29. The second-order valence-corrected chi connectivity index (χ2v) is 10.5. The SMILES string of the molecule is c1ccc2cc(-n3c4ccccc4c4c5c6ccccc6n(-c6ccc7ccncc7c6)c5ccc43)ccc2c1. The van der Waals surface area contributed by atoms with E-state index in [-0.39, 0.29) is 0 Å². The first-order chi connectivity index (χ1) is 19.8. The molecule has 186 valence electrons. The van der Waals surface area contributed by atoms with Crippen molar-refractivity contribution in [3.05, 3.63) is 140 Å². The molecular weight excluding hydrogens is 486 g/mol. The van der Waals surface area contributed by atoms with Gasteiger partial charge < -0.3 is 9.13 Å². The van der Waals surface area contributed by atoms with Gasteiger partial charge in [-0.25, -0.2) is 0 Å². The highest BCUT2D eigenvalue weighted by Crippen LogP contribution is 2.42. The molecule has 0 saturated carbocycles. The number of para-hydroxylation sites is 2. The van der Waals surface area contributed by atoms with Crippen LogP contribution in [0.15, 0.2) is 140 Å². The maximum atomic E-state index is 4.37. The smallest absolute Gasteiger partial charge is 0.0548 e. The Morgan fingerprint density at radius 2 is 0.925 bits per heavy atom. The van der Waals surface area contributed by atoms with Crippen LogP contribution in [0.1, 0.15) is 0 Å². The Morgan fingerprint density at radius 3 is 1.57 bits per heavy atom. The van der Waals surface area contributed by atoms with Gasteiger partial charge in [0.1, 0.15) is 0 Å². The minimum Gasteiger partial charge on any atom is -0.309 e. The largest absolute Gasteiger partial charge is 0.309 e. The minimum absolute atomic E-state index is 1.14. The van der Waals surface area contributed by atoms with E-state index in [0.29, 0.717) is 0 Å². The third kappa shape index (κ3) is 2.92. The summed E-state index contributed by atoms with van der Waals surface area (Å²) in [6.45, 7) is 0. The van der Waals surface area contributed by atoms with Gasteiger partial charge in [0.2, 0.25) is 0 Å². The molecule has 0 aliphatic rings. The molecule has 6 aromatic carbocycles. The molecule has 9 aromatic rings. The molecule has 3 heteroatoms. The third-order valence-electron chi connectivity index (χ3n) is 8.35. The molecular formula is C37H23N3. The lowest BCUT2D eigenvalue weighted by Gasteiger charge is -2.10. The number of hydrogen-bond acceptors (Lipinski definition) is 1. The van der Waals surface area contributed by atoms with Gasteiger partial charge in [-0.1, -0.05) is 72.8 Å². The van der Waals surface area contributed by atoms with E-state index in [2.05, 4.69) is 142 Å². The van der Waals surface area contributed by atoms with Gasteiger partial charge >= 0.3 is 0 Å². The van der Waals surface area contributed by atoms with E-state index < -0.39 is 0 Å². The maximum absolute atomic E-state index is 4.37. The molecule has 0 spiro atoms. The lowest BCUT2D eigenvalue weighted by molar-refractivity contribution is 1.18. The summed E-state index contributed by atoms with van der Waals surface area (Å²) in [7, 11) is 0. The van der Waals surface area contributed by atoms with Crippen LogP contribution in [0.4, 0.5) is 0 Å². The Bertz CT molecular complexity index is 2270. The molecule has 0 aliphatic heterocycles. The van der Waals surface area contributed by atoms with Gasteiger partial charge in [0, 0.05) is 50.7 Å². The average Bonchev–Trinajstić information content (AvgIpc) is 3.53. The first-order valence-corrected chi connectivity index (χ1v) is 13.6. The molecule has 0 fully saturated rings. The summed E-state index contributed by atoms with van der Waals surface area (Å²) in [5.74, 6) is 0. The van der Waals surface area contributed by atoms with E-state index >= 15 is 0 Å². The predicted octanol–water partition coefficient (Wildman–Crippen LogP) is 9.58. The summed E-state index contributed by atoms with van der Waals surface area (Å²) in [4.78, 5) is 4.37. The zero-order valence-corrected chi connectivity index (χ0v) is 21.6. The zero-order chi connectivity index (χ0) is 26.2. The van der Waals surface area contributed by atoms with E-state index in [1.54, 1.807) is 0 Å². The fourth-order valence-corrected chi connectivity index (χ4v) is 6.60. The molecule has 0 aliphatic carbocycles. The van der Waals surface area contributed by atoms with Crippen LogP contribution in [-0.2, 0) is 0 Å². The molecule has 0 N–H and O–H groups in total. The number of rotatable bonds is 2. The fourth-order valence-electron chi connectivity index (χ4n) is 6.60. The molecule has 0 radical (unpaired) electrons. The highest BCUT2D eigenvalue weighted by Gasteiger charge is 2.20. The molecule has 0 saturated heterocycles. The maximum Gasteiger partial charge on any atom is 0.0548 e. The molecule has 9 rings (SSSR count). The summed E-state index contributed by atoms with van der Waals surface area (Å²) >= 11 is 0. The zero-order valence-electron chi connectivity index (χ0n) is 21.6. The van der Waals surface area contributed by atoms with Crippen LogP contribution in [0.2, 0.25) is 0 Å². The quantitative estimate of drug-likeness (QED) is 0.227. The molecule has 3 aromatic heterocycles. The van der Waals surface area contributed by atoms with Gasteiger partial charge in [-0.05, 0) is 70.8 Å². The van der Waals surface area contributed by atoms with Crippen LogP contribution in [0.3, 0.4) is 0 Å². The number of aromatic nitrogens is 3. The summed E-state index contributed by atoms with van der Waals surface area (Å²) < 4.78 is 4.82. The highest BCUT2D eigenvalue weighted by atomic mass is 15.0. The molecule has 3 heterocycles. The van der Waals surface area contributed by atoms with Crippen LogP contribution in [-0.4, -0.2) is 14.1 Å². The van der Waals surface area contributed by atoms with E-state index in [4.69, 9.17) is 0 Å². The van der Waals surface area contributed by atoms with Gasteiger partial charge in [0.15, 0.2) is 0 Å². The third-order valence-corrected chi connectivity index (χ3v) is 8.35. The van der Waals surface area contributed by atoms with E-state index in [1.165, 1.54) is 65.5 Å². The second kappa shape index (κ2) is 8.05. The lowest BCUT2D eigenvalue weighted by atomic mass is 10.1. The van der Waals surface area contributed by atoms with Crippen LogP contribution in [0, 0.1) is 0 Å². The monoisotopic (exact) mass is 509 g/mol. The van der Waals surface area contributed by atoms with Gasteiger partial charge in [0.25, 0.3) is 0 Å². The van der Waals surface area contributed by atoms with Gasteiger partial charge in [-0.3, -0.25) is 4.98 Å². The number of benzene rings is 6. The summed E-state index contributed by atoms with van der Waals surface area (Å²) in [6, 6.07) is 46.2. The topological polar surface area (TPSA) is 22.8 Å². The molecule has 0 unspecified atom stereocenters. The van der Waals surface area contributed by atoms with Crippen molar-refractivity contribution in [2.45, 2.75) is 0 Å². The standard InChI is InChI=1S/C37H23N3/c1-2-8-26-21-28(15-13-24(26)7-1)39-32-11-5-3-9-30(32)36-34(39)17-18-35-37(36)31-10-4-6-12-33(31)40(35)29-16-14-25-19-20-38-23-27(25)22-29/h1-23H. The predicted molar refractivity (Wildman–Crippen MR) is 168 cm³/mol. The van der Waals surface area contributed by atoms with Crippen molar-refractivity contribution >= 4 is 65.2 Å². The molecule has 0 bridgehead atoms. The molecule has 40 heavy (non-hydrogen) atoms. The Morgan fingerprint density at radius 1 is 0.400 bits per heavy atom. The van der Waals surface area contributed by atoms with Crippen LogP contribution < -0.4 is 0 Å². The van der Waals surface area contributed by atoms with Crippen molar-refractivity contribution in [3.8, 4) is 11.4 Å². The fraction of sp³-hybridized carbons (Fsp3) is 0. The molecule has 0 atom stereocenters. The summed E-state index contributed by atoms with van der Waals surface area (Å²) in [5, 5.41) is 9.93. The van der Waals surface area contributed by atoms with Crippen molar-refractivity contribution < 1.29 is 0 Å². The normalized spacial score (nSPS) is 12.0. The molecule has 3 nitrogen and oxygen atoms in total. The Hall–Kier alpha value is -5.41. The van der Waals surface area contributed by atoms with Crippen molar-refractivity contribution in [3.63, 3.8) is 0 Å². The van der Waals surface area contributed by atoms with Gasteiger partial charge in [-0.15, -0.1) is 0 Å². The first-order valence-electron chi connectivity index (χ1n) is 13.6. The van der Waals surface area contributed by atoms with E-state index in [9.17, 15) is 0 Å². The average molecular weight is 510 g/mol. The molecule has 0 amide bonds. The number of fused-ring (bicyclic) bond motifs is 9. The van der Waals surface area contributed by atoms with Crippen molar-refractivity contribution in [1.82, 2.24) is 14.1 Å². The Kier molecular flexibility index (Phi) is 4.33. The van der Waals surface area contributed by atoms with E-state index in [1.807, 2.05) is 12.4 Å². The minimum atomic E-state index is 1.14. The number of nitrogens with zero attached hydrogens (tertiary/aromatic N) is 3. The van der Waals surface area contributed by atoms with E-state index in [0.717, 1.165) is 11.1 Å². The van der Waals surface area contributed by atoms with Crippen LogP contribution in [0.5, 0.6) is 0 Å². The summed E-state index contributed by atoms with van der Waals surface area (Å²) in [5.41, 5.74) is 7.16. The van der Waals surface area contributed by atoms with Crippen molar-refractivity contribution in [1.29, 1.82) is 0 Å².